The number of aromatic nitrogens is 1. The Labute approximate surface area is 94.1 Å². The summed E-state index contributed by atoms with van der Waals surface area (Å²) in [4.78, 5) is 0. The van der Waals surface area contributed by atoms with Crippen molar-refractivity contribution in [3.05, 3.63) is 29.6 Å². The summed E-state index contributed by atoms with van der Waals surface area (Å²) in [5, 5.41) is 0. The molecule has 1 heterocycles. The monoisotopic (exact) mass is 206 g/mol. The summed E-state index contributed by atoms with van der Waals surface area (Å²) < 4.78 is 2.22. The molecule has 1 heteroatoms. The Hall–Kier alpha value is -0.850. The van der Waals surface area contributed by atoms with Crippen LogP contribution in [0.3, 0.4) is 0 Å². The minimum Gasteiger partial charge on any atom is -0.205 e. The molecule has 0 unspecified atom stereocenters. The lowest BCUT2D eigenvalue weighted by molar-refractivity contribution is -0.682. The maximum atomic E-state index is 2.33. The molecule has 0 aliphatic heterocycles. The molecule has 0 saturated heterocycles. The van der Waals surface area contributed by atoms with Gasteiger partial charge in [-0.2, -0.15) is 0 Å². The van der Waals surface area contributed by atoms with Gasteiger partial charge in [0.2, 0.25) is 0 Å². The number of rotatable bonds is 0. The van der Waals surface area contributed by atoms with Crippen LogP contribution in [-0.2, 0) is 17.9 Å². The van der Waals surface area contributed by atoms with E-state index < -0.39 is 0 Å². The molecular weight excluding hydrogens is 182 g/mol. The highest BCUT2D eigenvalue weighted by atomic mass is 14.9. The normalized spacial score (nSPS) is 13.0. The van der Waals surface area contributed by atoms with Gasteiger partial charge in [-0.1, -0.05) is 41.5 Å². The molecule has 0 saturated carbocycles. The molecule has 0 aliphatic carbocycles. The van der Waals surface area contributed by atoms with Crippen molar-refractivity contribution in [2.45, 2.75) is 52.4 Å². The van der Waals surface area contributed by atoms with Gasteiger partial charge in [0, 0.05) is 17.5 Å². The predicted molar refractivity (Wildman–Crippen MR) is 65.0 cm³/mol. The lowest BCUT2D eigenvalue weighted by atomic mass is 9.83. The Morgan fingerprint density at radius 3 is 1.87 bits per heavy atom. The summed E-state index contributed by atoms with van der Waals surface area (Å²) in [6, 6.07) is 4.55. The average Bonchev–Trinajstić information content (AvgIpc) is 2.00. The smallest absolute Gasteiger partial charge is 0.186 e. The Kier molecular flexibility index (Phi) is 2.95. The van der Waals surface area contributed by atoms with Crippen molar-refractivity contribution in [1.29, 1.82) is 0 Å². The molecule has 1 aromatic heterocycles. The molecule has 0 N–H and O–H groups in total. The van der Waals surface area contributed by atoms with E-state index in [4.69, 9.17) is 0 Å². The molecule has 15 heavy (non-hydrogen) atoms. The summed E-state index contributed by atoms with van der Waals surface area (Å²) in [5.41, 5.74) is 3.23. The fourth-order valence-electron chi connectivity index (χ4n) is 1.78. The van der Waals surface area contributed by atoms with E-state index >= 15 is 0 Å². The van der Waals surface area contributed by atoms with E-state index in [1.54, 1.807) is 0 Å². The first-order valence-electron chi connectivity index (χ1n) is 5.63. The van der Waals surface area contributed by atoms with Crippen LogP contribution in [0.15, 0.2) is 18.3 Å². The van der Waals surface area contributed by atoms with Crippen LogP contribution in [0.5, 0.6) is 0 Å². The third-order valence-corrected chi connectivity index (χ3v) is 2.78. The molecule has 0 atom stereocenters. The number of nitrogens with zero attached hydrogens (tertiary/aromatic N) is 1. The van der Waals surface area contributed by atoms with Gasteiger partial charge in [-0.15, -0.1) is 0 Å². The topological polar surface area (TPSA) is 3.88 Å². The SMILES string of the molecule is C[n+]1ccc(C(C)(C)C)cc1C(C)(C)C. The van der Waals surface area contributed by atoms with Crippen molar-refractivity contribution < 1.29 is 4.57 Å². The van der Waals surface area contributed by atoms with Crippen molar-refractivity contribution in [3.8, 4) is 0 Å². The second kappa shape index (κ2) is 3.62. The Balaban J connectivity index is 3.30. The van der Waals surface area contributed by atoms with Gasteiger partial charge in [0.1, 0.15) is 7.05 Å². The zero-order valence-corrected chi connectivity index (χ0v) is 11.2. The Morgan fingerprint density at radius 1 is 0.933 bits per heavy atom. The summed E-state index contributed by atoms with van der Waals surface area (Å²) in [5.74, 6) is 0. The van der Waals surface area contributed by atoms with Gasteiger partial charge < -0.3 is 0 Å². The number of hydrogen-bond donors (Lipinski definition) is 0. The van der Waals surface area contributed by atoms with Gasteiger partial charge in [-0.25, -0.2) is 4.57 Å². The molecule has 0 bridgehead atoms. The van der Waals surface area contributed by atoms with Crippen LogP contribution in [0.2, 0.25) is 0 Å². The van der Waals surface area contributed by atoms with Crippen LogP contribution >= 0.6 is 0 Å². The van der Waals surface area contributed by atoms with Crippen LogP contribution in [-0.4, -0.2) is 0 Å². The zero-order chi connectivity index (χ0) is 11.9. The van der Waals surface area contributed by atoms with Crippen LogP contribution < -0.4 is 4.57 Å². The molecule has 0 aliphatic rings. The highest BCUT2D eigenvalue weighted by molar-refractivity contribution is 5.23. The van der Waals surface area contributed by atoms with Crippen LogP contribution in [0.1, 0.15) is 52.8 Å². The van der Waals surface area contributed by atoms with E-state index in [1.165, 1.54) is 11.3 Å². The second-order valence-corrected chi connectivity index (χ2v) is 6.41. The summed E-state index contributed by atoms with van der Waals surface area (Å²) >= 11 is 0. The fraction of sp³-hybridized carbons (Fsp3) is 0.643. The molecule has 0 aromatic carbocycles. The first-order chi connectivity index (χ1) is 6.62. The van der Waals surface area contributed by atoms with E-state index in [1.807, 2.05) is 0 Å². The van der Waals surface area contributed by atoms with Crippen molar-refractivity contribution >= 4 is 0 Å². The Bertz CT molecular complexity index is 351. The summed E-state index contributed by atoms with van der Waals surface area (Å²) in [7, 11) is 2.12. The molecule has 0 radical (unpaired) electrons. The first kappa shape index (κ1) is 12.2. The number of hydrogen-bond acceptors (Lipinski definition) is 0. The third-order valence-electron chi connectivity index (χ3n) is 2.78. The lowest BCUT2D eigenvalue weighted by Gasteiger charge is -2.22. The molecule has 1 nitrogen and oxygen atoms in total. The first-order valence-corrected chi connectivity index (χ1v) is 5.63. The summed E-state index contributed by atoms with van der Waals surface area (Å²) in [6.45, 7) is 13.6. The standard InChI is InChI=1S/C14H24N/c1-13(2,3)11-8-9-15(7)12(10-11)14(4,5)6/h8-10H,1-7H3/q+1. The van der Waals surface area contributed by atoms with Gasteiger partial charge in [0.05, 0.1) is 0 Å². The highest BCUT2D eigenvalue weighted by Crippen LogP contribution is 2.25. The van der Waals surface area contributed by atoms with Gasteiger partial charge in [-0.3, -0.25) is 0 Å². The number of pyridine rings is 1. The van der Waals surface area contributed by atoms with E-state index in [9.17, 15) is 0 Å². The minimum atomic E-state index is 0.204. The van der Waals surface area contributed by atoms with E-state index in [0.29, 0.717) is 0 Å². The van der Waals surface area contributed by atoms with Crippen LogP contribution in [0, 0.1) is 0 Å². The van der Waals surface area contributed by atoms with Gasteiger partial charge in [0.25, 0.3) is 0 Å². The molecule has 1 rings (SSSR count). The molecule has 0 spiro atoms. The Morgan fingerprint density at radius 2 is 1.47 bits per heavy atom. The zero-order valence-electron chi connectivity index (χ0n) is 11.2. The van der Waals surface area contributed by atoms with E-state index in [0.717, 1.165) is 0 Å². The quantitative estimate of drug-likeness (QED) is 0.574. The minimum absolute atomic E-state index is 0.204. The van der Waals surface area contributed by atoms with Crippen molar-refractivity contribution in [2.75, 3.05) is 0 Å². The van der Waals surface area contributed by atoms with Gasteiger partial charge in [-0.05, 0) is 11.0 Å². The highest BCUT2D eigenvalue weighted by Gasteiger charge is 2.26. The molecule has 84 valence electrons. The largest absolute Gasteiger partial charge is 0.205 e. The summed E-state index contributed by atoms with van der Waals surface area (Å²) in [6.07, 6.45) is 2.17. The molecule has 0 amide bonds. The van der Waals surface area contributed by atoms with E-state index in [-0.39, 0.29) is 10.8 Å². The molecule has 0 fully saturated rings. The molecule has 1 aromatic rings. The van der Waals surface area contributed by atoms with Crippen LogP contribution in [0.25, 0.3) is 0 Å². The fourth-order valence-corrected chi connectivity index (χ4v) is 1.78. The number of aryl methyl sites for hydroxylation is 1. The molecular formula is C14H24N+. The van der Waals surface area contributed by atoms with Crippen molar-refractivity contribution in [1.82, 2.24) is 0 Å². The van der Waals surface area contributed by atoms with Crippen molar-refractivity contribution in [3.63, 3.8) is 0 Å². The average molecular weight is 206 g/mol. The van der Waals surface area contributed by atoms with Gasteiger partial charge >= 0.3 is 0 Å². The maximum Gasteiger partial charge on any atom is 0.186 e. The van der Waals surface area contributed by atoms with Gasteiger partial charge in [0.15, 0.2) is 11.9 Å². The maximum absolute atomic E-state index is 2.33. The lowest BCUT2D eigenvalue weighted by Crippen LogP contribution is -2.40. The third kappa shape index (κ3) is 2.80. The van der Waals surface area contributed by atoms with Crippen LogP contribution in [0.4, 0.5) is 0 Å². The van der Waals surface area contributed by atoms with Crippen molar-refractivity contribution in [2.24, 2.45) is 7.05 Å². The second-order valence-electron chi connectivity index (χ2n) is 6.41. The predicted octanol–water partition coefficient (Wildman–Crippen LogP) is 3.11. The van der Waals surface area contributed by atoms with E-state index in [2.05, 4.69) is 71.5 Å².